The molecule has 0 aromatic heterocycles. The molecule has 1 aliphatic carbocycles. The molecule has 2 aliphatic heterocycles. The predicted octanol–water partition coefficient (Wildman–Crippen LogP) is 7.74. The molecule has 39 heavy (non-hydrogen) atoms. The largest absolute Gasteiger partial charge is 0.395 e. The summed E-state index contributed by atoms with van der Waals surface area (Å²) in [6, 6.07) is 12.8. The quantitative estimate of drug-likeness (QED) is 0.333. The zero-order valence-corrected chi connectivity index (χ0v) is 22.9. The van der Waals surface area contributed by atoms with Crippen LogP contribution in [0.25, 0.3) is 11.1 Å². The van der Waals surface area contributed by atoms with Crippen molar-refractivity contribution in [3.63, 3.8) is 0 Å². The molecule has 0 spiro atoms. The van der Waals surface area contributed by atoms with E-state index in [1.807, 2.05) is 46.2 Å². The van der Waals surface area contributed by atoms with Gasteiger partial charge in [-0.05, 0) is 111 Å². The van der Waals surface area contributed by atoms with Crippen molar-refractivity contribution in [1.29, 1.82) is 0 Å². The first-order chi connectivity index (χ1) is 18.6. The summed E-state index contributed by atoms with van der Waals surface area (Å²) >= 11 is 0. The fourth-order valence-electron chi connectivity index (χ4n) is 6.65. The third kappa shape index (κ3) is 6.34. The Morgan fingerprint density at radius 3 is 2.23 bits per heavy atom. The molecule has 5 rings (SSSR count). The van der Waals surface area contributed by atoms with E-state index < -0.39 is 11.6 Å². The number of hydrogen-bond acceptors (Lipinski definition) is 2. The van der Waals surface area contributed by atoms with Crippen molar-refractivity contribution < 1.29 is 22.4 Å². The summed E-state index contributed by atoms with van der Waals surface area (Å²) in [4.78, 5) is 16.8. The predicted molar refractivity (Wildman–Crippen MR) is 146 cm³/mol. The summed E-state index contributed by atoms with van der Waals surface area (Å²) < 4.78 is 55.6. The second kappa shape index (κ2) is 11.6. The number of carbonyl (C=O) groups is 1. The van der Waals surface area contributed by atoms with Crippen molar-refractivity contribution in [2.75, 3.05) is 32.7 Å². The van der Waals surface area contributed by atoms with Gasteiger partial charge in [0.15, 0.2) is 0 Å². The van der Waals surface area contributed by atoms with Gasteiger partial charge < -0.3 is 9.80 Å². The standard InChI is InChI=1S/C32H40F4N2O/c1-23-4-2-17-38(21-23)30(39)27-10-7-25(8-11-27)28-12-9-26(29(33)20-28)6-5-24-13-18-37(19-14-24)22-31(15-3-16-31)32(34,35)36/h7-12,20,23-24H,2-6,13-19,21-22H2,1H3. The normalized spacial score (nSPS) is 22.5. The number of carbonyl (C=O) groups excluding carboxylic acids is 1. The van der Waals surface area contributed by atoms with Crippen LogP contribution in [-0.2, 0) is 6.42 Å². The van der Waals surface area contributed by atoms with Crippen LogP contribution in [-0.4, -0.2) is 54.6 Å². The molecule has 7 heteroatoms. The van der Waals surface area contributed by atoms with Crippen LogP contribution < -0.4 is 0 Å². The molecule has 212 valence electrons. The molecule has 3 fully saturated rings. The molecule has 2 aromatic rings. The maximum absolute atomic E-state index is 15.0. The zero-order valence-electron chi connectivity index (χ0n) is 22.9. The van der Waals surface area contributed by atoms with Crippen molar-refractivity contribution in [3.8, 4) is 11.1 Å². The highest BCUT2D eigenvalue weighted by Gasteiger charge is 2.58. The topological polar surface area (TPSA) is 23.6 Å². The van der Waals surface area contributed by atoms with Crippen molar-refractivity contribution in [2.45, 2.75) is 70.9 Å². The van der Waals surface area contributed by atoms with Gasteiger partial charge in [-0.2, -0.15) is 13.2 Å². The number of aryl methyl sites for hydroxylation is 1. The van der Waals surface area contributed by atoms with Gasteiger partial charge in [-0.1, -0.05) is 37.6 Å². The number of piperidine rings is 2. The molecule has 3 nitrogen and oxygen atoms in total. The van der Waals surface area contributed by atoms with Gasteiger partial charge in [-0.3, -0.25) is 4.79 Å². The molecule has 1 saturated carbocycles. The number of nitrogens with zero attached hydrogens (tertiary/aromatic N) is 2. The second-order valence-corrected chi connectivity index (χ2v) is 12.3. The first-order valence-corrected chi connectivity index (χ1v) is 14.6. The summed E-state index contributed by atoms with van der Waals surface area (Å²) in [5, 5.41) is 0. The van der Waals surface area contributed by atoms with Gasteiger partial charge in [0, 0.05) is 25.2 Å². The molecule has 0 N–H and O–H groups in total. The molecule has 0 radical (unpaired) electrons. The third-order valence-corrected chi connectivity index (χ3v) is 9.43. The van der Waals surface area contributed by atoms with Gasteiger partial charge in [-0.25, -0.2) is 4.39 Å². The smallest absolute Gasteiger partial charge is 0.338 e. The third-order valence-electron chi connectivity index (χ3n) is 9.43. The number of halogens is 4. The van der Waals surface area contributed by atoms with Crippen LogP contribution in [0.15, 0.2) is 42.5 Å². The number of hydrogen-bond donors (Lipinski definition) is 0. The summed E-state index contributed by atoms with van der Waals surface area (Å²) in [6.45, 7) is 5.29. The monoisotopic (exact) mass is 544 g/mol. The number of alkyl halides is 3. The molecule has 1 unspecified atom stereocenters. The Labute approximate surface area is 229 Å². The Bertz CT molecular complexity index is 1130. The lowest BCUT2D eigenvalue weighted by Crippen LogP contribution is -2.53. The Hall–Kier alpha value is -2.41. The van der Waals surface area contributed by atoms with E-state index in [9.17, 15) is 18.0 Å². The average Bonchev–Trinajstić information content (AvgIpc) is 2.89. The van der Waals surface area contributed by atoms with Crippen LogP contribution >= 0.6 is 0 Å². The van der Waals surface area contributed by atoms with E-state index in [-0.39, 0.29) is 31.1 Å². The summed E-state index contributed by atoms with van der Waals surface area (Å²) in [6.07, 6.45) is 2.49. The highest BCUT2D eigenvalue weighted by Crippen LogP contribution is 2.53. The molecule has 2 aromatic carbocycles. The van der Waals surface area contributed by atoms with Gasteiger partial charge >= 0.3 is 6.18 Å². The molecular formula is C32H40F4N2O. The lowest BCUT2D eigenvalue weighted by atomic mass is 9.67. The minimum atomic E-state index is -4.11. The van der Waals surface area contributed by atoms with Crippen LogP contribution in [0.3, 0.4) is 0 Å². The Morgan fingerprint density at radius 2 is 1.64 bits per heavy atom. The van der Waals surface area contributed by atoms with Gasteiger partial charge in [0.1, 0.15) is 5.82 Å². The molecular weight excluding hydrogens is 504 g/mol. The fourth-order valence-corrected chi connectivity index (χ4v) is 6.65. The van der Waals surface area contributed by atoms with E-state index in [1.165, 1.54) is 0 Å². The van der Waals surface area contributed by atoms with E-state index in [0.717, 1.165) is 56.3 Å². The van der Waals surface area contributed by atoms with E-state index in [2.05, 4.69) is 6.92 Å². The van der Waals surface area contributed by atoms with Crippen LogP contribution in [0.5, 0.6) is 0 Å². The summed E-state index contributed by atoms with van der Waals surface area (Å²) in [7, 11) is 0. The minimum Gasteiger partial charge on any atom is -0.338 e. The molecule has 3 aliphatic rings. The Balaban J connectivity index is 1.11. The highest BCUT2D eigenvalue weighted by molar-refractivity contribution is 5.94. The first-order valence-electron chi connectivity index (χ1n) is 14.6. The van der Waals surface area contributed by atoms with Gasteiger partial charge in [-0.15, -0.1) is 0 Å². The molecule has 0 bridgehead atoms. The molecule has 2 heterocycles. The summed E-state index contributed by atoms with van der Waals surface area (Å²) in [5.41, 5.74) is 1.51. The number of rotatable bonds is 7. The first kappa shape index (κ1) is 28.1. The van der Waals surface area contributed by atoms with Gasteiger partial charge in [0.05, 0.1) is 5.41 Å². The SMILES string of the molecule is CC1CCCN(C(=O)c2ccc(-c3ccc(CCC4CCN(CC5(C(F)(F)F)CCC5)CC4)c(F)c3)cc2)C1. The molecule has 1 amide bonds. The number of benzene rings is 2. The second-order valence-electron chi connectivity index (χ2n) is 12.3. The van der Waals surface area contributed by atoms with Crippen molar-refractivity contribution in [1.82, 2.24) is 9.80 Å². The van der Waals surface area contributed by atoms with E-state index in [1.54, 1.807) is 6.07 Å². The lowest BCUT2D eigenvalue weighted by molar-refractivity contribution is -0.256. The van der Waals surface area contributed by atoms with Gasteiger partial charge in [0.25, 0.3) is 5.91 Å². The van der Waals surface area contributed by atoms with Crippen molar-refractivity contribution >= 4 is 5.91 Å². The van der Waals surface area contributed by atoms with E-state index in [0.29, 0.717) is 48.9 Å². The van der Waals surface area contributed by atoms with Crippen LogP contribution in [0.4, 0.5) is 17.6 Å². The maximum Gasteiger partial charge on any atom is 0.395 e. The fraction of sp³-hybridized carbons (Fsp3) is 0.594. The highest BCUT2D eigenvalue weighted by atomic mass is 19.4. The zero-order chi connectivity index (χ0) is 27.6. The van der Waals surface area contributed by atoms with Crippen molar-refractivity contribution in [3.05, 3.63) is 59.4 Å². The van der Waals surface area contributed by atoms with Crippen LogP contribution in [0, 0.1) is 23.1 Å². The number of amides is 1. The number of likely N-dealkylation sites (tertiary alicyclic amines) is 2. The van der Waals surface area contributed by atoms with Crippen LogP contribution in [0.1, 0.15) is 74.2 Å². The Morgan fingerprint density at radius 1 is 0.949 bits per heavy atom. The lowest BCUT2D eigenvalue weighted by Gasteiger charge is -2.47. The molecule has 1 atom stereocenters. The Kier molecular flexibility index (Phi) is 8.37. The van der Waals surface area contributed by atoms with E-state index in [4.69, 9.17) is 0 Å². The summed E-state index contributed by atoms with van der Waals surface area (Å²) in [5.74, 6) is 0.767. The van der Waals surface area contributed by atoms with Crippen LogP contribution in [0.2, 0.25) is 0 Å². The van der Waals surface area contributed by atoms with Gasteiger partial charge in [0.2, 0.25) is 0 Å². The average molecular weight is 545 g/mol. The molecule has 2 saturated heterocycles. The van der Waals surface area contributed by atoms with Crippen molar-refractivity contribution in [2.24, 2.45) is 17.3 Å². The maximum atomic E-state index is 15.0. The van der Waals surface area contributed by atoms with E-state index >= 15 is 4.39 Å². The minimum absolute atomic E-state index is 0.0587.